The minimum absolute atomic E-state index is 0.149. The normalized spacial score (nSPS) is 31.3. The van der Waals surface area contributed by atoms with Gasteiger partial charge in [0.1, 0.15) is 18.3 Å². The Morgan fingerprint density at radius 2 is 2.19 bits per heavy atom. The predicted molar refractivity (Wildman–Crippen MR) is 89.0 cm³/mol. The van der Waals surface area contributed by atoms with Crippen LogP contribution in [0.4, 0.5) is 5.69 Å². The van der Waals surface area contributed by atoms with Crippen molar-refractivity contribution in [3.05, 3.63) is 40.9 Å². The number of hydrogen-bond acceptors (Lipinski definition) is 6. The molecule has 0 saturated carbocycles. The third-order valence-corrected chi connectivity index (χ3v) is 5.21. The fraction of sp³-hybridized carbons (Fsp3) is 0.333. The quantitative estimate of drug-likeness (QED) is 0.454. The highest BCUT2D eigenvalue weighted by Crippen LogP contribution is 2.53. The van der Waals surface area contributed by atoms with E-state index < -0.39 is 41.3 Å². The third kappa shape index (κ3) is 2.19. The zero-order chi connectivity index (χ0) is 18.6. The maximum Gasteiger partial charge on any atom is 0.302 e. The van der Waals surface area contributed by atoms with Gasteiger partial charge in [-0.3, -0.25) is 14.4 Å². The average molecular weight is 373 g/mol. The van der Waals surface area contributed by atoms with Crippen molar-refractivity contribution < 1.29 is 23.9 Å². The Kier molecular flexibility index (Phi) is 3.65. The summed E-state index contributed by atoms with van der Waals surface area (Å²) < 4.78 is 10.9. The van der Waals surface area contributed by atoms with Crippen molar-refractivity contribution in [2.24, 2.45) is 11.8 Å². The van der Waals surface area contributed by atoms with Crippen molar-refractivity contribution in [3.63, 3.8) is 0 Å². The molecule has 0 N–H and O–H groups in total. The largest absolute Gasteiger partial charge is 0.462 e. The number of benzene rings is 1. The van der Waals surface area contributed by atoms with Gasteiger partial charge in [0.2, 0.25) is 11.8 Å². The highest BCUT2D eigenvalue weighted by atomic mass is 35.5. The first-order chi connectivity index (χ1) is 12.4. The molecule has 0 aromatic heterocycles. The molecule has 2 saturated heterocycles. The first kappa shape index (κ1) is 16.8. The van der Waals surface area contributed by atoms with Crippen molar-refractivity contribution in [1.82, 2.24) is 0 Å². The molecule has 7 nitrogen and oxygen atoms in total. The van der Waals surface area contributed by atoms with Crippen LogP contribution in [0.1, 0.15) is 12.5 Å². The second-order valence-corrected chi connectivity index (χ2v) is 6.90. The fourth-order valence-electron chi connectivity index (χ4n) is 3.90. The lowest BCUT2D eigenvalue weighted by Crippen LogP contribution is -2.44. The molecule has 3 aliphatic heterocycles. The molecule has 0 aliphatic carbocycles. The Labute approximate surface area is 153 Å². The summed E-state index contributed by atoms with van der Waals surface area (Å²) in [7, 11) is 0. The predicted octanol–water partition coefficient (Wildman–Crippen LogP) is 1.59. The van der Waals surface area contributed by atoms with Crippen molar-refractivity contribution in [3.8, 4) is 6.07 Å². The van der Waals surface area contributed by atoms with Crippen molar-refractivity contribution in [2.45, 2.75) is 18.6 Å². The molecule has 0 radical (unpaired) electrons. The van der Waals surface area contributed by atoms with Crippen LogP contribution in [0.15, 0.2) is 30.4 Å². The number of carbonyl (C=O) groups excluding carboxylic acids is 3. The summed E-state index contributed by atoms with van der Waals surface area (Å²) in [5.74, 6) is -2.96. The van der Waals surface area contributed by atoms with Crippen molar-refractivity contribution in [2.75, 3.05) is 11.5 Å². The summed E-state index contributed by atoms with van der Waals surface area (Å²) in [6.45, 7) is 1.11. The van der Waals surface area contributed by atoms with Gasteiger partial charge in [0.05, 0.1) is 29.2 Å². The maximum atomic E-state index is 13.1. The molecule has 2 amide bonds. The first-order valence-electron chi connectivity index (χ1n) is 7.96. The number of amides is 2. The molecule has 4 rings (SSSR count). The van der Waals surface area contributed by atoms with E-state index >= 15 is 0 Å². The van der Waals surface area contributed by atoms with E-state index in [-0.39, 0.29) is 17.9 Å². The minimum atomic E-state index is -1.16. The lowest BCUT2D eigenvalue weighted by molar-refractivity contribution is -0.150. The SMILES string of the molecule is CC(=O)OC[C@@]12C=C[C@@H](O1)[C@@H]1C(=O)N(c3cc(Cl)ccc3C#N)C(=O)[C@@H]12. The number of hydrogen-bond donors (Lipinski definition) is 0. The molecule has 3 heterocycles. The monoisotopic (exact) mass is 372 g/mol. The summed E-state index contributed by atoms with van der Waals surface area (Å²) in [6, 6.07) is 6.38. The number of rotatable bonds is 3. The first-order valence-corrected chi connectivity index (χ1v) is 8.34. The van der Waals surface area contributed by atoms with E-state index in [0.717, 1.165) is 4.90 Å². The second-order valence-electron chi connectivity index (χ2n) is 6.47. The van der Waals surface area contributed by atoms with Crippen LogP contribution in [0.25, 0.3) is 0 Å². The molecular formula is C18H13ClN2O5. The Bertz CT molecular complexity index is 921. The summed E-state index contributed by atoms with van der Waals surface area (Å²) in [4.78, 5) is 38.3. The van der Waals surface area contributed by atoms with Gasteiger partial charge in [0.15, 0.2) is 0 Å². The molecule has 1 aromatic rings. The molecular weight excluding hydrogens is 360 g/mol. The number of fused-ring (bicyclic) bond motifs is 5. The molecule has 3 aliphatic rings. The standard InChI is InChI=1S/C18H13ClN2O5/c1-9(22)25-8-18-5-4-13(26-18)14-15(18)17(24)21(16(14)23)12-6-11(19)3-2-10(12)7-20/h2-6,13-15H,8H2,1H3/t13-,14+,15-,18-/m1/s1. The lowest BCUT2D eigenvalue weighted by Gasteiger charge is -2.28. The molecule has 8 heteroatoms. The number of nitrogens with zero attached hydrogens (tertiary/aromatic N) is 2. The average Bonchev–Trinajstić information content (AvgIpc) is 3.24. The Hall–Kier alpha value is -2.69. The van der Waals surface area contributed by atoms with Gasteiger partial charge in [0.25, 0.3) is 0 Å². The van der Waals surface area contributed by atoms with Crippen LogP contribution in [-0.2, 0) is 23.9 Å². The van der Waals surface area contributed by atoms with Gasteiger partial charge in [-0.15, -0.1) is 0 Å². The van der Waals surface area contributed by atoms with Crippen LogP contribution in [-0.4, -0.2) is 36.1 Å². The Morgan fingerprint density at radius 3 is 2.88 bits per heavy atom. The van der Waals surface area contributed by atoms with Crippen LogP contribution in [0.2, 0.25) is 5.02 Å². The molecule has 26 heavy (non-hydrogen) atoms. The van der Waals surface area contributed by atoms with E-state index in [9.17, 15) is 19.6 Å². The number of esters is 1. The fourth-order valence-corrected chi connectivity index (χ4v) is 4.07. The molecule has 0 spiro atoms. The van der Waals surface area contributed by atoms with E-state index in [0.29, 0.717) is 5.02 Å². The zero-order valence-corrected chi connectivity index (χ0v) is 14.4. The summed E-state index contributed by atoms with van der Waals surface area (Å²) in [5.41, 5.74) is -0.828. The van der Waals surface area contributed by atoms with Crippen LogP contribution in [0.5, 0.6) is 0 Å². The van der Waals surface area contributed by atoms with Gasteiger partial charge in [-0.1, -0.05) is 17.7 Å². The van der Waals surface area contributed by atoms with Gasteiger partial charge in [-0.25, -0.2) is 4.90 Å². The summed E-state index contributed by atoms with van der Waals surface area (Å²) in [5, 5.41) is 9.63. The topological polar surface area (TPSA) is 96.7 Å². The minimum Gasteiger partial charge on any atom is -0.462 e. The zero-order valence-electron chi connectivity index (χ0n) is 13.6. The van der Waals surface area contributed by atoms with Gasteiger partial charge in [-0.2, -0.15) is 5.26 Å². The van der Waals surface area contributed by atoms with Gasteiger partial charge in [0, 0.05) is 11.9 Å². The smallest absolute Gasteiger partial charge is 0.302 e. The van der Waals surface area contributed by atoms with E-state index in [1.807, 2.05) is 6.07 Å². The van der Waals surface area contributed by atoms with Gasteiger partial charge in [-0.05, 0) is 24.3 Å². The van der Waals surface area contributed by atoms with E-state index in [1.165, 1.54) is 25.1 Å². The van der Waals surface area contributed by atoms with Crippen LogP contribution in [0, 0.1) is 23.2 Å². The van der Waals surface area contributed by atoms with Crippen molar-refractivity contribution in [1.29, 1.82) is 5.26 Å². The number of carbonyl (C=O) groups is 3. The van der Waals surface area contributed by atoms with E-state index in [2.05, 4.69) is 0 Å². The molecule has 2 fully saturated rings. The maximum absolute atomic E-state index is 13.1. The molecule has 0 unspecified atom stereocenters. The number of imide groups is 1. The van der Waals surface area contributed by atoms with Crippen LogP contribution in [0.3, 0.4) is 0 Å². The summed E-state index contributed by atoms with van der Waals surface area (Å²) >= 11 is 6.00. The van der Waals surface area contributed by atoms with Crippen molar-refractivity contribution >= 4 is 35.1 Å². The number of halogens is 1. The van der Waals surface area contributed by atoms with Crippen LogP contribution >= 0.6 is 11.6 Å². The van der Waals surface area contributed by atoms with Gasteiger partial charge < -0.3 is 9.47 Å². The van der Waals surface area contributed by atoms with E-state index in [1.54, 1.807) is 12.2 Å². The number of ether oxygens (including phenoxy) is 2. The molecule has 2 bridgehead atoms. The van der Waals surface area contributed by atoms with Gasteiger partial charge >= 0.3 is 5.97 Å². The molecule has 132 valence electrons. The summed E-state index contributed by atoms with van der Waals surface area (Å²) in [6.07, 6.45) is 2.82. The Morgan fingerprint density at radius 1 is 1.42 bits per heavy atom. The second kappa shape index (κ2) is 5.66. The molecule has 1 aromatic carbocycles. The molecule has 4 atom stereocenters. The number of anilines is 1. The highest BCUT2D eigenvalue weighted by Gasteiger charge is 2.68. The number of nitriles is 1. The lowest BCUT2D eigenvalue weighted by atomic mass is 9.77. The third-order valence-electron chi connectivity index (χ3n) is 4.98. The highest BCUT2D eigenvalue weighted by molar-refractivity contribution is 6.31. The Balaban J connectivity index is 1.75. The van der Waals surface area contributed by atoms with Crippen LogP contribution < -0.4 is 4.90 Å². The van der Waals surface area contributed by atoms with E-state index in [4.69, 9.17) is 21.1 Å².